The number of ether oxygens (including phenoxy) is 1. The highest BCUT2D eigenvalue weighted by Gasteiger charge is 2.11. The summed E-state index contributed by atoms with van der Waals surface area (Å²) in [5.74, 6) is 0.352. The van der Waals surface area contributed by atoms with Gasteiger partial charge in [0.05, 0.1) is 22.5 Å². The van der Waals surface area contributed by atoms with Gasteiger partial charge in [0.25, 0.3) is 0 Å². The highest BCUT2D eigenvalue weighted by Crippen LogP contribution is 2.33. The van der Waals surface area contributed by atoms with Gasteiger partial charge >= 0.3 is 0 Å². The first-order chi connectivity index (χ1) is 11.4. The van der Waals surface area contributed by atoms with Gasteiger partial charge in [-0.2, -0.15) is 5.10 Å². The van der Waals surface area contributed by atoms with E-state index in [1.807, 2.05) is 38.1 Å². The molecule has 3 nitrogen and oxygen atoms in total. The molecule has 6 heteroatoms. The molecule has 0 aliphatic heterocycles. The summed E-state index contributed by atoms with van der Waals surface area (Å²) in [5, 5.41) is 7.83. The summed E-state index contributed by atoms with van der Waals surface area (Å²) < 4.78 is 19.5. The molecule has 0 saturated carbocycles. The Hall–Kier alpha value is -1.85. The summed E-state index contributed by atoms with van der Waals surface area (Å²) in [6.07, 6.45) is 0.0566. The van der Waals surface area contributed by atoms with Crippen molar-refractivity contribution in [2.45, 2.75) is 20.0 Å². The third-order valence-corrected chi connectivity index (χ3v) is 4.34. The number of aromatic amines is 1. The average molecular weight is 410 g/mol. The minimum Gasteiger partial charge on any atom is -0.489 e. The van der Waals surface area contributed by atoms with E-state index in [2.05, 4.69) is 26.1 Å². The molecule has 0 spiro atoms. The molecule has 3 rings (SSSR count). The van der Waals surface area contributed by atoms with Crippen LogP contribution >= 0.6 is 27.5 Å². The van der Waals surface area contributed by atoms with Gasteiger partial charge in [-0.05, 0) is 72.2 Å². The molecule has 2 aromatic carbocycles. The van der Waals surface area contributed by atoms with Crippen LogP contribution in [0.15, 0.2) is 46.9 Å². The van der Waals surface area contributed by atoms with Gasteiger partial charge in [0.1, 0.15) is 11.6 Å². The number of aromatic nitrogens is 2. The lowest BCUT2D eigenvalue weighted by molar-refractivity contribution is 0.242. The molecule has 0 amide bonds. The van der Waals surface area contributed by atoms with E-state index in [9.17, 15) is 4.39 Å². The molecule has 1 N–H and O–H groups in total. The van der Waals surface area contributed by atoms with Gasteiger partial charge in [-0.15, -0.1) is 0 Å². The number of nitrogens with zero attached hydrogens (tertiary/aromatic N) is 1. The minimum atomic E-state index is -0.294. The van der Waals surface area contributed by atoms with Crippen LogP contribution < -0.4 is 4.74 Å². The van der Waals surface area contributed by atoms with Crippen molar-refractivity contribution in [3.63, 3.8) is 0 Å². The molecular weight excluding hydrogens is 395 g/mol. The lowest BCUT2D eigenvalue weighted by Gasteiger charge is -2.11. The number of hydrogen-bond donors (Lipinski definition) is 1. The highest BCUT2D eigenvalue weighted by molar-refractivity contribution is 9.10. The van der Waals surface area contributed by atoms with Crippen LogP contribution in [-0.2, 0) is 0 Å². The minimum absolute atomic E-state index is 0.0566. The summed E-state index contributed by atoms with van der Waals surface area (Å²) in [6, 6.07) is 12.0. The molecule has 0 atom stereocenters. The van der Waals surface area contributed by atoms with Crippen LogP contribution in [-0.4, -0.2) is 16.3 Å². The Morgan fingerprint density at radius 2 is 1.96 bits per heavy atom. The third kappa shape index (κ3) is 3.62. The lowest BCUT2D eigenvalue weighted by atomic mass is 10.1. The number of halogens is 3. The van der Waals surface area contributed by atoms with Crippen LogP contribution in [0.4, 0.5) is 4.39 Å². The van der Waals surface area contributed by atoms with Crippen LogP contribution in [0.3, 0.4) is 0 Å². The van der Waals surface area contributed by atoms with E-state index >= 15 is 0 Å². The second-order valence-electron chi connectivity index (χ2n) is 5.60. The molecule has 0 radical (unpaired) electrons. The number of H-pyrrole nitrogens is 1. The van der Waals surface area contributed by atoms with Crippen molar-refractivity contribution < 1.29 is 9.13 Å². The van der Waals surface area contributed by atoms with E-state index in [1.165, 1.54) is 12.1 Å². The standard InChI is InChI=1S/C18H15BrClFN2O/c1-10(2)24-18-6-3-11(7-15(18)20)16-9-17(23-22-16)13-5-4-12(21)8-14(13)19/h3-10H,1-2H3,(H,22,23). The van der Waals surface area contributed by atoms with Crippen LogP contribution in [0.25, 0.3) is 22.5 Å². The molecule has 0 aliphatic rings. The van der Waals surface area contributed by atoms with Crippen molar-refractivity contribution >= 4 is 27.5 Å². The molecule has 0 bridgehead atoms. The Morgan fingerprint density at radius 3 is 2.62 bits per heavy atom. The predicted molar refractivity (Wildman–Crippen MR) is 97.9 cm³/mol. The fourth-order valence-corrected chi connectivity index (χ4v) is 3.11. The smallest absolute Gasteiger partial charge is 0.138 e. The fraction of sp³-hybridized carbons (Fsp3) is 0.167. The van der Waals surface area contributed by atoms with Gasteiger partial charge in [0.2, 0.25) is 0 Å². The van der Waals surface area contributed by atoms with Gasteiger partial charge in [0.15, 0.2) is 0 Å². The Bertz CT molecular complexity index is 879. The predicted octanol–water partition coefficient (Wildman–Crippen LogP) is 6.09. The molecule has 24 heavy (non-hydrogen) atoms. The number of benzene rings is 2. The van der Waals surface area contributed by atoms with Crippen LogP contribution in [0.5, 0.6) is 5.75 Å². The maximum absolute atomic E-state index is 13.2. The van der Waals surface area contributed by atoms with Crippen LogP contribution in [0.2, 0.25) is 5.02 Å². The number of rotatable bonds is 4. The van der Waals surface area contributed by atoms with Crippen molar-refractivity contribution in [3.8, 4) is 28.3 Å². The molecule has 0 aliphatic carbocycles. The lowest BCUT2D eigenvalue weighted by Crippen LogP contribution is -2.05. The topological polar surface area (TPSA) is 37.9 Å². The quantitative estimate of drug-likeness (QED) is 0.566. The monoisotopic (exact) mass is 408 g/mol. The zero-order valence-corrected chi connectivity index (χ0v) is 15.5. The normalized spacial score (nSPS) is 11.1. The first kappa shape index (κ1) is 17.0. The molecule has 1 heterocycles. The zero-order chi connectivity index (χ0) is 17.3. The van der Waals surface area contributed by atoms with E-state index in [1.54, 1.807) is 6.07 Å². The van der Waals surface area contributed by atoms with Gasteiger partial charge < -0.3 is 4.74 Å². The fourth-order valence-electron chi connectivity index (χ4n) is 2.33. The Kier molecular flexibility index (Phi) is 4.92. The molecule has 0 unspecified atom stereocenters. The van der Waals surface area contributed by atoms with Crippen molar-refractivity contribution in [1.29, 1.82) is 0 Å². The maximum Gasteiger partial charge on any atom is 0.138 e. The van der Waals surface area contributed by atoms with E-state index < -0.39 is 0 Å². The Labute approximate surface area is 152 Å². The largest absolute Gasteiger partial charge is 0.489 e. The van der Waals surface area contributed by atoms with E-state index in [0.717, 1.165) is 22.5 Å². The van der Waals surface area contributed by atoms with E-state index in [4.69, 9.17) is 16.3 Å². The summed E-state index contributed by atoms with van der Waals surface area (Å²) >= 11 is 9.65. The first-order valence-electron chi connectivity index (χ1n) is 7.41. The summed E-state index contributed by atoms with van der Waals surface area (Å²) in [5.41, 5.74) is 3.24. The summed E-state index contributed by atoms with van der Waals surface area (Å²) in [7, 11) is 0. The van der Waals surface area contributed by atoms with Gasteiger partial charge in [-0.3, -0.25) is 5.10 Å². The van der Waals surface area contributed by atoms with Crippen molar-refractivity contribution in [2.75, 3.05) is 0 Å². The van der Waals surface area contributed by atoms with Crippen LogP contribution in [0, 0.1) is 5.82 Å². The summed E-state index contributed by atoms with van der Waals surface area (Å²) in [4.78, 5) is 0. The van der Waals surface area contributed by atoms with Crippen molar-refractivity contribution in [3.05, 3.63) is 57.8 Å². The Morgan fingerprint density at radius 1 is 1.17 bits per heavy atom. The number of nitrogens with one attached hydrogen (secondary N) is 1. The molecule has 1 aromatic heterocycles. The van der Waals surface area contributed by atoms with Crippen LogP contribution in [0.1, 0.15) is 13.8 Å². The number of hydrogen-bond acceptors (Lipinski definition) is 2. The van der Waals surface area contributed by atoms with Gasteiger partial charge in [0, 0.05) is 15.6 Å². The van der Waals surface area contributed by atoms with Gasteiger partial charge in [-0.25, -0.2) is 4.39 Å². The van der Waals surface area contributed by atoms with Crippen molar-refractivity contribution in [2.24, 2.45) is 0 Å². The highest BCUT2D eigenvalue weighted by atomic mass is 79.9. The first-order valence-corrected chi connectivity index (χ1v) is 8.58. The van der Waals surface area contributed by atoms with Gasteiger partial charge in [-0.1, -0.05) is 11.6 Å². The van der Waals surface area contributed by atoms with Crippen molar-refractivity contribution in [1.82, 2.24) is 10.2 Å². The molecule has 124 valence electrons. The third-order valence-electron chi connectivity index (χ3n) is 3.39. The van der Waals surface area contributed by atoms with E-state index in [0.29, 0.717) is 15.2 Å². The second kappa shape index (κ2) is 6.95. The molecular formula is C18H15BrClFN2O. The average Bonchev–Trinajstić information content (AvgIpc) is 2.98. The second-order valence-corrected chi connectivity index (χ2v) is 6.86. The molecule has 0 fully saturated rings. The van der Waals surface area contributed by atoms with E-state index in [-0.39, 0.29) is 11.9 Å². The SMILES string of the molecule is CC(C)Oc1ccc(-c2cc(-c3ccc(F)cc3Br)[nH]n2)cc1Cl. The zero-order valence-electron chi connectivity index (χ0n) is 13.1. The molecule has 0 saturated heterocycles. The molecule has 3 aromatic rings. The summed E-state index contributed by atoms with van der Waals surface area (Å²) in [6.45, 7) is 3.90. The Balaban J connectivity index is 1.92. The maximum atomic E-state index is 13.2.